The Bertz CT molecular complexity index is 2040. The number of carboxylic acids is 1. The van der Waals surface area contributed by atoms with E-state index >= 15 is 0 Å². The Kier molecular flexibility index (Phi) is 28.1. The predicted octanol–water partition coefficient (Wildman–Crippen LogP) is 12.2. The van der Waals surface area contributed by atoms with Crippen molar-refractivity contribution in [3.05, 3.63) is 35.9 Å². The van der Waals surface area contributed by atoms with Crippen LogP contribution in [0.25, 0.3) is 0 Å². The minimum absolute atomic E-state index is 0.00942. The van der Waals surface area contributed by atoms with Gasteiger partial charge in [0, 0.05) is 60.9 Å². The molecule has 0 radical (unpaired) electrons. The van der Waals surface area contributed by atoms with E-state index in [9.17, 15) is 43.5 Å². The highest BCUT2D eigenvalue weighted by Gasteiger charge is 2.42. The van der Waals surface area contributed by atoms with Crippen molar-refractivity contribution in [2.45, 2.75) is 242 Å². The lowest BCUT2D eigenvalue weighted by molar-refractivity contribution is -0.153. The molecule has 434 valence electrons. The van der Waals surface area contributed by atoms with Crippen LogP contribution in [0.1, 0.15) is 222 Å². The van der Waals surface area contributed by atoms with Crippen LogP contribution >= 0.6 is 0 Å². The van der Waals surface area contributed by atoms with Crippen LogP contribution in [-0.2, 0) is 49.7 Å². The molecule has 1 aromatic carbocycles. The molecule has 0 aliphatic heterocycles. The normalized spacial score (nSPS) is 26.0. The van der Waals surface area contributed by atoms with Gasteiger partial charge in [-0.25, -0.2) is 0 Å². The van der Waals surface area contributed by atoms with Crippen molar-refractivity contribution in [2.24, 2.45) is 76.9 Å². The molecule has 14 atom stereocenters. The number of Topliss-reactive ketones (excluding diaryl/α,β-unsaturated/α-hetero) is 3. The molecule has 0 saturated heterocycles. The SMILES string of the molecule is CC[C@@H](C(=O)C[C@H](C)C(=O)N[C@@H]1CCCC[C@@H]1[C@@H](CC)C(=O)OCc1ccccc1)[C@H]1CCCC[C@H]1CC(=O)[C@@H](C)NC(=O)[C@H](CC)[C@H]1CCCC[C@H]1NC(=O)C(C)C.CC[C@@H](C(=O)O)[C@H]1CCCC[C@H]1CC(=O)C(C)C. The highest BCUT2D eigenvalue weighted by molar-refractivity contribution is 5.90. The van der Waals surface area contributed by atoms with E-state index < -0.39 is 17.9 Å². The number of aliphatic carboxylic acids is 1. The Morgan fingerprint density at radius 2 is 0.961 bits per heavy atom. The van der Waals surface area contributed by atoms with Crippen molar-refractivity contribution in [1.82, 2.24) is 16.0 Å². The molecule has 13 heteroatoms. The van der Waals surface area contributed by atoms with Gasteiger partial charge in [-0.3, -0.25) is 38.4 Å². The quantitative estimate of drug-likeness (QED) is 0.0614. The van der Waals surface area contributed by atoms with E-state index in [1.807, 2.05) is 92.6 Å². The van der Waals surface area contributed by atoms with E-state index in [4.69, 9.17) is 4.74 Å². The summed E-state index contributed by atoms with van der Waals surface area (Å²) in [6.07, 6.45) is 19.0. The van der Waals surface area contributed by atoms with E-state index in [2.05, 4.69) is 16.0 Å². The zero-order valence-electron chi connectivity index (χ0n) is 49.2. The van der Waals surface area contributed by atoms with Gasteiger partial charge in [-0.15, -0.1) is 0 Å². The Balaban J connectivity index is 0.000000600. The number of esters is 1. The number of hydrogen-bond acceptors (Lipinski definition) is 9. The van der Waals surface area contributed by atoms with Gasteiger partial charge in [0.1, 0.15) is 18.2 Å². The van der Waals surface area contributed by atoms with Gasteiger partial charge in [0.15, 0.2) is 5.78 Å². The molecule has 0 heterocycles. The van der Waals surface area contributed by atoms with E-state index in [1.165, 1.54) is 0 Å². The third kappa shape index (κ3) is 19.7. The Morgan fingerprint density at radius 1 is 0.506 bits per heavy atom. The first kappa shape index (κ1) is 65.1. The molecular weight excluding hydrogens is 971 g/mol. The highest BCUT2D eigenvalue weighted by atomic mass is 16.5. The first-order valence-electron chi connectivity index (χ1n) is 30.7. The van der Waals surface area contributed by atoms with Crippen molar-refractivity contribution in [3.63, 3.8) is 0 Å². The fourth-order valence-corrected chi connectivity index (χ4v) is 13.8. The Labute approximate surface area is 463 Å². The lowest BCUT2D eigenvalue weighted by atomic mass is 9.67. The van der Waals surface area contributed by atoms with Crippen LogP contribution in [0.2, 0.25) is 0 Å². The van der Waals surface area contributed by atoms with Gasteiger partial charge in [0.05, 0.1) is 17.9 Å². The summed E-state index contributed by atoms with van der Waals surface area (Å²) in [5.41, 5.74) is 0.942. The van der Waals surface area contributed by atoms with Gasteiger partial charge in [0.2, 0.25) is 17.7 Å². The maximum absolute atomic E-state index is 14.1. The molecular formula is C64H103N3O10. The molecule has 77 heavy (non-hydrogen) atoms. The number of carboxylic acid groups (broad SMARTS) is 1. The first-order valence-corrected chi connectivity index (χ1v) is 30.7. The van der Waals surface area contributed by atoms with Crippen molar-refractivity contribution in [3.8, 4) is 0 Å². The van der Waals surface area contributed by atoms with Crippen molar-refractivity contribution < 1.29 is 48.2 Å². The summed E-state index contributed by atoms with van der Waals surface area (Å²) in [6.45, 7) is 19.4. The zero-order valence-corrected chi connectivity index (χ0v) is 49.2. The summed E-state index contributed by atoms with van der Waals surface area (Å²) in [5.74, 6) is -1.90. The third-order valence-corrected chi connectivity index (χ3v) is 18.5. The van der Waals surface area contributed by atoms with E-state index in [1.54, 1.807) is 6.92 Å². The van der Waals surface area contributed by atoms with Gasteiger partial charge >= 0.3 is 11.9 Å². The summed E-state index contributed by atoms with van der Waals surface area (Å²) in [6, 6.07) is 8.82. The summed E-state index contributed by atoms with van der Waals surface area (Å²) >= 11 is 0. The largest absolute Gasteiger partial charge is 0.481 e. The van der Waals surface area contributed by atoms with Gasteiger partial charge in [-0.1, -0.05) is 144 Å². The molecule has 0 bridgehead atoms. The second-order valence-electron chi connectivity index (χ2n) is 24.5. The standard InChI is InChI=1S/C49H77N3O7.C15H26O3/c1-8-36(45(54)28-32(6)47(56)52-43-27-19-17-25-41(43)38(10-3)49(58)59-30-34-20-12-11-13-21-34)39-23-15-14-22-35(39)29-44(53)33(7)50-48(57)37(9-2)40-24-16-18-26-42(40)51-46(55)31(4)5;1-4-12(15(17)18)13-8-6-5-7-11(13)9-14(16)10(2)3/h11-13,20-21,31-33,35-43H,8-10,14-19,22-30H2,1-7H3,(H,50,57)(H,51,55)(H,52,56);10-13H,4-9H2,1-3H3,(H,17,18)/t32-,33+,35-,36+,37+,38+,39-,40+,41+,42+,43+;11-,12+,13-/m00/s1. The average molecular weight is 1070 g/mol. The van der Waals surface area contributed by atoms with Crippen LogP contribution in [0, 0.1) is 76.9 Å². The molecule has 1 aromatic rings. The lowest BCUT2D eigenvalue weighted by Crippen LogP contribution is -2.51. The number of benzene rings is 1. The lowest BCUT2D eigenvalue weighted by Gasteiger charge is -2.38. The molecule has 0 unspecified atom stereocenters. The van der Waals surface area contributed by atoms with Crippen molar-refractivity contribution >= 4 is 47.0 Å². The topological polar surface area (TPSA) is 202 Å². The van der Waals surface area contributed by atoms with Crippen LogP contribution in [0.3, 0.4) is 0 Å². The Morgan fingerprint density at radius 3 is 1.45 bits per heavy atom. The van der Waals surface area contributed by atoms with Crippen molar-refractivity contribution in [1.29, 1.82) is 0 Å². The molecule has 4 N–H and O–H groups in total. The van der Waals surface area contributed by atoms with E-state index in [-0.39, 0.29) is 137 Å². The molecule has 4 aliphatic carbocycles. The summed E-state index contributed by atoms with van der Waals surface area (Å²) in [7, 11) is 0. The molecule has 13 nitrogen and oxygen atoms in total. The maximum atomic E-state index is 14.1. The average Bonchev–Trinajstić information content (AvgIpc) is 3.41. The minimum atomic E-state index is -0.689. The number of rotatable bonds is 27. The van der Waals surface area contributed by atoms with Gasteiger partial charge in [-0.05, 0) is 125 Å². The number of nitrogens with one attached hydrogen (secondary N) is 3. The van der Waals surface area contributed by atoms with Gasteiger partial charge in [0.25, 0.3) is 0 Å². The number of ketones is 3. The predicted molar refractivity (Wildman–Crippen MR) is 303 cm³/mol. The Hall–Kier alpha value is -4.42. The molecule has 0 spiro atoms. The molecule has 4 aliphatic rings. The minimum Gasteiger partial charge on any atom is -0.481 e. The highest BCUT2D eigenvalue weighted by Crippen LogP contribution is 2.42. The second-order valence-corrected chi connectivity index (χ2v) is 24.5. The summed E-state index contributed by atoms with van der Waals surface area (Å²) < 4.78 is 5.76. The molecule has 3 amide bonds. The van der Waals surface area contributed by atoms with Crippen LogP contribution in [0.15, 0.2) is 30.3 Å². The van der Waals surface area contributed by atoms with Crippen LogP contribution in [0.5, 0.6) is 0 Å². The number of carbonyl (C=O) groups is 8. The third-order valence-electron chi connectivity index (χ3n) is 18.5. The first-order chi connectivity index (χ1) is 36.8. The second kappa shape index (κ2) is 33.2. The van der Waals surface area contributed by atoms with Crippen LogP contribution in [-0.4, -0.2) is 70.2 Å². The van der Waals surface area contributed by atoms with Crippen LogP contribution < -0.4 is 16.0 Å². The number of carbonyl (C=O) groups excluding carboxylic acids is 7. The molecule has 4 saturated carbocycles. The van der Waals surface area contributed by atoms with Crippen molar-refractivity contribution in [2.75, 3.05) is 0 Å². The monoisotopic (exact) mass is 1070 g/mol. The zero-order chi connectivity index (χ0) is 56.8. The maximum Gasteiger partial charge on any atom is 0.309 e. The van der Waals surface area contributed by atoms with E-state index in [0.717, 1.165) is 108 Å². The van der Waals surface area contributed by atoms with Crippen LogP contribution in [0.4, 0.5) is 0 Å². The number of hydrogen-bond donors (Lipinski definition) is 4. The number of ether oxygens (including phenoxy) is 1. The number of amides is 3. The fourth-order valence-electron chi connectivity index (χ4n) is 13.8. The summed E-state index contributed by atoms with van der Waals surface area (Å²) in [5, 5.41) is 18.8. The fraction of sp³-hybridized carbons (Fsp3) is 0.781. The van der Waals surface area contributed by atoms with Gasteiger partial charge in [-0.2, -0.15) is 0 Å². The smallest absolute Gasteiger partial charge is 0.309 e. The van der Waals surface area contributed by atoms with Gasteiger partial charge < -0.3 is 25.8 Å². The molecule has 5 rings (SSSR count). The molecule has 0 aromatic heterocycles. The summed E-state index contributed by atoms with van der Waals surface area (Å²) in [4.78, 5) is 104. The van der Waals surface area contributed by atoms with E-state index in [0.29, 0.717) is 38.5 Å². The molecule has 4 fully saturated rings.